The molecular weight excluding hydrogens is 246 g/mol. The Morgan fingerprint density at radius 3 is 2.50 bits per heavy atom. The largest absolute Gasteiger partial charge is 0.367 e. The van der Waals surface area contributed by atoms with Crippen LogP contribution in [0.2, 0.25) is 0 Å². The number of rotatable bonds is 3. The fourth-order valence-electron chi connectivity index (χ4n) is 2.32. The van der Waals surface area contributed by atoms with Gasteiger partial charge in [0.15, 0.2) is 0 Å². The first-order valence-electron chi connectivity index (χ1n) is 6.96. The van der Waals surface area contributed by atoms with Crippen molar-refractivity contribution in [2.24, 2.45) is 0 Å². The highest BCUT2D eigenvalue weighted by Gasteiger charge is 2.14. The number of nitrogens with zero attached hydrogens (tertiary/aromatic N) is 2. The van der Waals surface area contributed by atoms with E-state index in [9.17, 15) is 0 Å². The molecule has 102 valence electrons. The summed E-state index contributed by atoms with van der Waals surface area (Å²) in [6.07, 6.45) is 2.05. The highest BCUT2D eigenvalue weighted by atomic mass is 15.1. The van der Waals surface area contributed by atoms with Gasteiger partial charge in [-0.05, 0) is 32.9 Å². The van der Waals surface area contributed by atoms with Crippen LogP contribution in [0, 0.1) is 6.92 Å². The van der Waals surface area contributed by atoms with E-state index in [2.05, 4.69) is 54.8 Å². The van der Waals surface area contributed by atoms with Gasteiger partial charge in [-0.15, -0.1) is 0 Å². The van der Waals surface area contributed by atoms with Crippen LogP contribution in [0.15, 0.2) is 48.7 Å². The number of pyridine rings is 1. The topological polar surface area (TPSA) is 29.3 Å². The lowest BCUT2D eigenvalue weighted by molar-refractivity contribution is 0.885. The first kappa shape index (κ1) is 12.7. The summed E-state index contributed by atoms with van der Waals surface area (Å²) < 4.78 is 2.11. The van der Waals surface area contributed by atoms with Crippen LogP contribution in [0.3, 0.4) is 0 Å². The highest BCUT2D eigenvalue weighted by Crippen LogP contribution is 2.29. The number of hydrogen-bond acceptors (Lipinski definition) is 2. The second kappa shape index (κ2) is 5.00. The van der Waals surface area contributed by atoms with Crippen molar-refractivity contribution in [3.8, 4) is 11.3 Å². The molecule has 0 spiro atoms. The third kappa shape index (κ3) is 2.27. The van der Waals surface area contributed by atoms with E-state index in [0.29, 0.717) is 6.04 Å². The van der Waals surface area contributed by atoms with E-state index < -0.39 is 0 Å². The third-order valence-electron chi connectivity index (χ3n) is 3.28. The molecule has 0 saturated heterocycles. The molecule has 0 bridgehead atoms. The quantitative estimate of drug-likeness (QED) is 0.771. The summed E-state index contributed by atoms with van der Waals surface area (Å²) >= 11 is 0. The van der Waals surface area contributed by atoms with Gasteiger partial charge in [-0.2, -0.15) is 0 Å². The fourth-order valence-corrected chi connectivity index (χ4v) is 2.32. The molecule has 3 nitrogen and oxygen atoms in total. The van der Waals surface area contributed by atoms with Crippen molar-refractivity contribution < 1.29 is 0 Å². The molecule has 1 aromatic carbocycles. The summed E-state index contributed by atoms with van der Waals surface area (Å²) in [5, 5.41) is 3.51. The summed E-state index contributed by atoms with van der Waals surface area (Å²) in [6, 6.07) is 14.9. The van der Waals surface area contributed by atoms with E-state index in [1.54, 1.807) is 0 Å². The molecular formula is C17H19N3. The number of aryl methyl sites for hydroxylation is 1. The molecule has 20 heavy (non-hydrogen) atoms. The second-order valence-corrected chi connectivity index (χ2v) is 5.40. The van der Waals surface area contributed by atoms with Crippen LogP contribution < -0.4 is 5.32 Å². The minimum Gasteiger partial charge on any atom is -0.367 e. The van der Waals surface area contributed by atoms with Crippen molar-refractivity contribution in [2.45, 2.75) is 26.8 Å². The number of fused-ring (bicyclic) bond motifs is 1. The Labute approximate surface area is 119 Å². The molecule has 3 rings (SSSR count). The summed E-state index contributed by atoms with van der Waals surface area (Å²) in [7, 11) is 0. The fraction of sp³-hybridized carbons (Fsp3) is 0.235. The lowest BCUT2D eigenvalue weighted by Gasteiger charge is -2.11. The van der Waals surface area contributed by atoms with Crippen LogP contribution in [-0.2, 0) is 0 Å². The zero-order valence-corrected chi connectivity index (χ0v) is 12.1. The van der Waals surface area contributed by atoms with Gasteiger partial charge >= 0.3 is 0 Å². The zero-order chi connectivity index (χ0) is 14.1. The molecule has 0 aliphatic carbocycles. The van der Waals surface area contributed by atoms with Crippen molar-refractivity contribution in [3.05, 3.63) is 54.2 Å². The van der Waals surface area contributed by atoms with Crippen molar-refractivity contribution in [3.63, 3.8) is 0 Å². The Morgan fingerprint density at radius 1 is 1.05 bits per heavy atom. The Hall–Kier alpha value is -2.29. The Bertz CT molecular complexity index is 724. The molecule has 0 aliphatic heterocycles. The van der Waals surface area contributed by atoms with Crippen molar-refractivity contribution in [1.82, 2.24) is 9.38 Å². The number of anilines is 1. The summed E-state index contributed by atoms with van der Waals surface area (Å²) in [4.78, 5) is 4.77. The first-order valence-corrected chi connectivity index (χ1v) is 6.96. The van der Waals surface area contributed by atoms with Crippen molar-refractivity contribution in [1.29, 1.82) is 0 Å². The molecule has 0 fully saturated rings. The monoisotopic (exact) mass is 265 g/mol. The molecule has 3 aromatic rings. The van der Waals surface area contributed by atoms with E-state index in [1.807, 2.05) is 24.4 Å². The standard InChI is InChI=1S/C17H19N3/c1-12(2)18-17-16(14-9-7-13(3)8-10-14)19-15-6-4-5-11-20(15)17/h4-12,18H,1-3H3. The Morgan fingerprint density at radius 2 is 1.80 bits per heavy atom. The number of nitrogens with one attached hydrogen (secondary N) is 1. The van der Waals surface area contributed by atoms with Crippen molar-refractivity contribution >= 4 is 11.5 Å². The van der Waals surface area contributed by atoms with Gasteiger partial charge in [-0.3, -0.25) is 4.40 Å². The van der Waals surface area contributed by atoms with E-state index in [4.69, 9.17) is 4.98 Å². The number of benzene rings is 1. The second-order valence-electron chi connectivity index (χ2n) is 5.40. The van der Waals surface area contributed by atoms with Crippen LogP contribution in [0.25, 0.3) is 16.9 Å². The normalized spacial score (nSPS) is 11.2. The van der Waals surface area contributed by atoms with Gasteiger partial charge in [-0.25, -0.2) is 4.98 Å². The van der Waals surface area contributed by atoms with Crippen LogP contribution in [0.4, 0.5) is 5.82 Å². The van der Waals surface area contributed by atoms with Gasteiger partial charge in [0.2, 0.25) is 0 Å². The predicted molar refractivity (Wildman–Crippen MR) is 84.1 cm³/mol. The molecule has 3 heteroatoms. The van der Waals surface area contributed by atoms with E-state index >= 15 is 0 Å². The smallest absolute Gasteiger partial charge is 0.139 e. The molecule has 1 N–H and O–H groups in total. The predicted octanol–water partition coefficient (Wildman–Crippen LogP) is 4.13. The van der Waals surface area contributed by atoms with Gasteiger partial charge < -0.3 is 5.32 Å². The minimum atomic E-state index is 0.360. The third-order valence-corrected chi connectivity index (χ3v) is 3.28. The average molecular weight is 265 g/mol. The lowest BCUT2D eigenvalue weighted by Crippen LogP contribution is -2.12. The first-order chi connectivity index (χ1) is 9.65. The van der Waals surface area contributed by atoms with Crippen LogP contribution in [-0.4, -0.2) is 15.4 Å². The number of aromatic nitrogens is 2. The Kier molecular flexibility index (Phi) is 3.18. The SMILES string of the molecule is Cc1ccc(-c2nc3ccccn3c2NC(C)C)cc1. The molecule has 0 aliphatic rings. The average Bonchev–Trinajstić information content (AvgIpc) is 2.78. The van der Waals surface area contributed by atoms with Gasteiger partial charge in [-0.1, -0.05) is 35.9 Å². The number of imidazole rings is 1. The molecule has 2 aromatic heterocycles. The molecule has 0 amide bonds. The summed E-state index contributed by atoms with van der Waals surface area (Å²) in [5.41, 5.74) is 4.37. The van der Waals surface area contributed by atoms with Gasteiger partial charge in [0.05, 0.1) is 0 Å². The van der Waals surface area contributed by atoms with Gasteiger partial charge in [0.25, 0.3) is 0 Å². The van der Waals surface area contributed by atoms with Crippen molar-refractivity contribution in [2.75, 3.05) is 5.32 Å². The lowest BCUT2D eigenvalue weighted by atomic mass is 10.1. The van der Waals surface area contributed by atoms with E-state index in [1.165, 1.54) is 5.56 Å². The maximum absolute atomic E-state index is 4.77. The maximum Gasteiger partial charge on any atom is 0.139 e. The molecule has 0 atom stereocenters. The van der Waals surface area contributed by atoms with Gasteiger partial charge in [0.1, 0.15) is 17.2 Å². The number of hydrogen-bond donors (Lipinski definition) is 1. The van der Waals surface area contributed by atoms with Crippen LogP contribution >= 0.6 is 0 Å². The van der Waals surface area contributed by atoms with E-state index in [-0.39, 0.29) is 0 Å². The molecule has 0 unspecified atom stereocenters. The zero-order valence-electron chi connectivity index (χ0n) is 12.1. The van der Waals surface area contributed by atoms with Gasteiger partial charge in [0, 0.05) is 17.8 Å². The molecule has 0 saturated carbocycles. The van der Waals surface area contributed by atoms with E-state index in [0.717, 1.165) is 22.7 Å². The summed E-state index contributed by atoms with van der Waals surface area (Å²) in [6.45, 7) is 6.38. The highest BCUT2D eigenvalue weighted by molar-refractivity contribution is 5.76. The Balaban J connectivity index is 2.20. The molecule has 2 heterocycles. The maximum atomic E-state index is 4.77. The van der Waals surface area contributed by atoms with Crippen LogP contribution in [0.1, 0.15) is 19.4 Å². The summed E-state index contributed by atoms with van der Waals surface area (Å²) in [5.74, 6) is 1.06. The minimum absolute atomic E-state index is 0.360. The van der Waals surface area contributed by atoms with Crippen LogP contribution in [0.5, 0.6) is 0 Å². The molecule has 0 radical (unpaired) electrons.